The Morgan fingerprint density at radius 2 is 1.33 bits per heavy atom. The van der Waals surface area contributed by atoms with Crippen molar-refractivity contribution >= 4 is 0 Å². The Hall–Kier alpha value is -2.43. The minimum Gasteiger partial charge on any atom is -0.490 e. The molecule has 0 bridgehead atoms. The summed E-state index contributed by atoms with van der Waals surface area (Å²) in [4.78, 5) is 0. The third kappa shape index (κ3) is 4.90. The zero-order valence-electron chi connectivity index (χ0n) is 21.3. The van der Waals surface area contributed by atoms with E-state index in [4.69, 9.17) is 9.47 Å². The van der Waals surface area contributed by atoms with E-state index < -0.39 is 17.5 Å². The van der Waals surface area contributed by atoms with Crippen molar-refractivity contribution in [3.63, 3.8) is 0 Å². The molecule has 2 aromatic rings. The van der Waals surface area contributed by atoms with Gasteiger partial charge in [-0.25, -0.2) is 8.78 Å². The molecule has 0 saturated heterocycles. The maximum Gasteiger partial charge on any atom is 0.201 e. The molecular weight excluding hydrogens is 461 g/mol. The molecule has 0 unspecified atom stereocenters. The molecule has 5 rings (SSSR count). The highest BCUT2D eigenvalue weighted by atomic mass is 19.2. The van der Waals surface area contributed by atoms with Crippen LogP contribution >= 0.6 is 0 Å². The van der Waals surface area contributed by atoms with Crippen LogP contribution in [0.25, 0.3) is 22.3 Å². The lowest BCUT2D eigenvalue weighted by atomic mass is 9.79. The molecular formula is C31H37F3O2. The second-order valence-electron chi connectivity index (χ2n) is 11.0. The fraction of sp³-hybridized carbons (Fsp3) is 0.548. The topological polar surface area (TPSA) is 18.5 Å². The third-order valence-electron chi connectivity index (χ3n) is 8.66. The summed E-state index contributed by atoms with van der Waals surface area (Å²) < 4.78 is 56.8. The van der Waals surface area contributed by atoms with Gasteiger partial charge in [0.15, 0.2) is 23.1 Å². The van der Waals surface area contributed by atoms with E-state index in [2.05, 4.69) is 13.5 Å². The van der Waals surface area contributed by atoms with Crippen molar-refractivity contribution < 1.29 is 22.6 Å². The normalized spacial score (nSPS) is 24.9. The Labute approximate surface area is 212 Å². The molecule has 36 heavy (non-hydrogen) atoms. The van der Waals surface area contributed by atoms with Crippen molar-refractivity contribution in [3.8, 4) is 33.8 Å². The van der Waals surface area contributed by atoms with Gasteiger partial charge in [-0.05, 0) is 91.5 Å². The maximum atomic E-state index is 15.3. The third-order valence-corrected chi connectivity index (χ3v) is 8.66. The molecule has 3 aliphatic carbocycles. The molecule has 0 heterocycles. The molecule has 2 saturated carbocycles. The van der Waals surface area contributed by atoms with Gasteiger partial charge in [0.05, 0.1) is 13.2 Å². The van der Waals surface area contributed by atoms with E-state index in [9.17, 15) is 4.39 Å². The summed E-state index contributed by atoms with van der Waals surface area (Å²) in [7, 11) is 0. The van der Waals surface area contributed by atoms with Gasteiger partial charge in [0.2, 0.25) is 5.82 Å². The largest absolute Gasteiger partial charge is 0.490 e. The Morgan fingerprint density at radius 1 is 0.750 bits per heavy atom. The van der Waals surface area contributed by atoms with Gasteiger partial charge < -0.3 is 9.47 Å². The van der Waals surface area contributed by atoms with Gasteiger partial charge in [-0.1, -0.05) is 38.7 Å². The predicted octanol–water partition coefficient (Wildman–Crippen LogP) is 9.11. The fourth-order valence-electron chi connectivity index (χ4n) is 6.34. The second kappa shape index (κ2) is 10.9. The maximum absolute atomic E-state index is 15.3. The Morgan fingerprint density at radius 3 is 1.97 bits per heavy atom. The highest BCUT2D eigenvalue weighted by Gasteiger charge is 2.35. The fourth-order valence-corrected chi connectivity index (χ4v) is 6.34. The number of fused-ring (bicyclic) bond motifs is 4. The molecule has 0 aromatic heterocycles. The van der Waals surface area contributed by atoms with Crippen molar-refractivity contribution in [1.82, 2.24) is 0 Å². The van der Waals surface area contributed by atoms with Crippen molar-refractivity contribution in [3.05, 3.63) is 48.3 Å². The molecule has 194 valence electrons. The van der Waals surface area contributed by atoms with Crippen LogP contribution in [0, 0.1) is 41.1 Å². The van der Waals surface area contributed by atoms with Crippen molar-refractivity contribution in [1.29, 1.82) is 0 Å². The molecule has 2 nitrogen and oxygen atoms in total. The van der Waals surface area contributed by atoms with Crippen LogP contribution in [-0.2, 0) is 0 Å². The Bertz CT molecular complexity index is 1100. The van der Waals surface area contributed by atoms with E-state index in [1.54, 1.807) is 12.1 Å². The molecule has 0 aliphatic heterocycles. The smallest absolute Gasteiger partial charge is 0.201 e. The van der Waals surface area contributed by atoms with Crippen LogP contribution in [0.5, 0.6) is 11.5 Å². The minimum atomic E-state index is -1.05. The van der Waals surface area contributed by atoms with E-state index in [0.29, 0.717) is 42.1 Å². The molecule has 0 amide bonds. The first-order valence-electron chi connectivity index (χ1n) is 13.7. The molecule has 0 radical (unpaired) electrons. The van der Waals surface area contributed by atoms with Crippen LogP contribution in [-0.4, -0.2) is 13.2 Å². The van der Waals surface area contributed by atoms with Crippen LogP contribution in [0.2, 0.25) is 0 Å². The molecule has 2 aromatic carbocycles. The highest BCUT2D eigenvalue weighted by molar-refractivity contribution is 6.04. The zero-order chi connectivity index (χ0) is 25.2. The number of allylic oxidation sites excluding steroid dienone is 1. The predicted molar refractivity (Wildman–Crippen MR) is 138 cm³/mol. The van der Waals surface area contributed by atoms with Crippen molar-refractivity contribution in [2.45, 2.75) is 71.1 Å². The lowest BCUT2D eigenvalue weighted by Gasteiger charge is -2.30. The summed E-state index contributed by atoms with van der Waals surface area (Å²) in [6.07, 6.45) is 13.2. The van der Waals surface area contributed by atoms with E-state index in [-0.39, 0.29) is 22.6 Å². The van der Waals surface area contributed by atoms with Gasteiger partial charge >= 0.3 is 0 Å². The molecule has 0 atom stereocenters. The summed E-state index contributed by atoms with van der Waals surface area (Å²) in [5, 5.41) is 0. The lowest BCUT2D eigenvalue weighted by molar-refractivity contribution is 0.174. The van der Waals surface area contributed by atoms with Crippen LogP contribution in [0.15, 0.2) is 30.9 Å². The summed E-state index contributed by atoms with van der Waals surface area (Å²) in [5.74, 6) is -0.608. The SMILES string of the molecule is C=CC1CCC(COc2cc3c(c(F)c2F)-c2c-3ccc(OCC3CCC(CCC)CC3)c2F)CC1. The molecule has 3 aliphatic rings. The number of halogens is 3. The van der Waals surface area contributed by atoms with Gasteiger partial charge in [-0.3, -0.25) is 0 Å². The molecule has 0 N–H and O–H groups in total. The van der Waals surface area contributed by atoms with Crippen LogP contribution in [0.4, 0.5) is 13.2 Å². The van der Waals surface area contributed by atoms with Gasteiger partial charge in [-0.2, -0.15) is 4.39 Å². The first kappa shape index (κ1) is 25.2. The number of hydrogen-bond donors (Lipinski definition) is 0. The van der Waals surface area contributed by atoms with Gasteiger partial charge in [0, 0.05) is 11.1 Å². The summed E-state index contributed by atoms with van der Waals surface area (Å²) >= 11 is 0. The van der Waals surface area contributed by atoms with E-state index in [1.165, 1.54) is 31.7 Å². The number of ether oxygens (including phenoxy) is 2. The molecule has 2 fully saturated rings. The van der Waals surface area contributed by atoms with Crippen LogP contribution < -0.4 is 9.47 Å². The standard InChI is InChI=1S/C31H37F3O2/c1-3-5-20-8-12-22(13-9-20)17-35-25-15-14-23-24-16-26(30(33)31(34)28(24)27(23)29(25)32)36-18-21-10-6-19(4-2)7-11-21/h4,14-16,19-22H,2-3,5-13,17-18H2,1H3. The first-order chi connectivity index (χ1) is 17.5. The van der Waals surface area contributed by atoms with Crippen molar-refractivity contribution in [2.75, 3.05) is 13.2 Å². The Balaban J connectivity index is 1.24. The average Bonchev–Trinajstić information content (AvgIpc) is 2.89. The minimum absolute atomic E-state index is 0.00985. The number of hydrogen-bond acceptors (Lipinski definition) is 2. The monoisotopic (exact) mass is 498 g/mol. The second-order valence-corrected chi connectivity index (χ2v) is 11.0. The van der Waals surface area contributed by atoms with E-state index in [0.717, 1.165) is 44.4 Å². The quantitative estimate of drug-likeness (QED) is 0.274. The molecule has 0 spiro atoms. The lowest BCUT2D eigenvalue weighted by Crippen LogP contribution is -2.20. The van der Waals surface area contributed by atoms with Crippen LogP contribution in [0.3, 0.4) is 0 Å². The molecule has 5 heteroatoms. The van der Waals surface area contributed by atoms with Crippen LogP contribution in [0.1, 0.15) is 71.1 Å². The van der Waals surface area contributed by atoms with Gasteiger partial charge in [0.1, 0.15) is 0 Å². The number of benzene rings is 2. The zero-order valence-corrected chi connectivity index (χ0v) is 21.3. The summed E-state index contributed by atoms with van der Waals surface area (Å²) in [6, 6.07) is 4.87. The first-order valence-corrected chi connectivity index (χ1v) is 13.7. The van der Waals surface area contributed by atoms with E-state index >= 15 is 8.78 Å². The number of rotatable bonds is 9. The highest BCUT2D eigenvalue weighted by Crippen LogP contribution is 2.54. The van der Waals surface area contributed by atoms with E-state index in [1.807, 2.05) is 6.08 Å². The summed E-state index contributed by atoms with van der Waals surface area (Å²) in [5.41, 5.74) is 1.17. The van der Waals surface area contributed by atoms with Crippen molar-refractivity contribution in [2.24, 2.45) is 23.7 Å². The Kier molecular flexibility index (Phi) is 7.64. The van der Waals surface area contributed by atoms with Gasteiger partial charge in [-0.15, -0.1) is 6.58 Å². The summed E-state index contributed by atoms with van der Waals surface area (Å²) in [6.45, 7) is 6.90. The van der Waals surface area contributed by atoms with Gasteiger partial charge in [0.25, 0.3) is 0 Å². The average molecular weight is 499 g/mol.